The first-order chi connectivity index (χ1) is 10.1. The van der Waals surface area contributed by atoms with Crippen LogP contribution in [0, 0.1) is 5.92 Å². The number of carbonyl (C=O) groups excluding carboxylic acids is 1. The molecule has 6 nitrogen and oxygen atoms in total. The summed E-state index contributed by atoms with van der Waals surface area (Å²) in [6.45, 7) is 6.12. The third kappa shape index (κ3) is 4.56. The van der Waals surface area contributed by atoms with Gasteiger partial charge in [-0.25, -0.2) is 0 Å². The zero-order valence-corrected chi connectivity index (χ0v) is 13.1. The van der Waals surface area contributed by atoms with E-state index in [-0.39, 0.29) is 17.7 Å². The Morgan fingerprint density at radius 1 is 1.38 bits per heavy atom. The van der Waals surface area contributed by atoms with Gasteiger partial charge in [0.1, 0.15) is 0 Å². The van der Waals surface area contributed by atoms with Crippen molar-refractivity contribution < 1.29 is 9.21 Å². The molecule has 0 aliphatic carbocycles. The summed E-state index contributed by atoms with van der Waals surface area (Å²) in [5.41, 5.74) is 0.759. The van der Waals surface area contributed by atoms with E-state index in [9.17, 15) is 4.79 Å². The van der Waals surface area contributed by atoms with Crippen molar-refractivity contribution in [3.05, 3.63) is 24.5 Å². The highest BCUT2D eigenvalue weighted by molar-refractivity contribution is 7.99. The largest absolute Gasteiger partial charge is 0.411 e. The quantitative estimate of drug-likeness (QED) is 0.825. The molecule has 2 rings (SSSR count). The maximum Gasteiger partial charge on any atom is 0.277 e. The summed E-state index contributed by atoms with van der Waals surface area (Å²) in [5, 5.41) is 11.2. The highest BCUT2D eigenvalue weighted by Gasteiger charge is 2.14. The third-order valence-electron chi connectivity index (χ3n) is 3.03. The second kappa shape index (κ2) is 7.21. The minimum atomic E-state index is -0.0395. The lowest BCUT2D eigenvalue weighted by atomic mass is 10.1. The van der Waals surface area contributed by atoms with Crippen LogP contribution in [0.2, 0.25) is 0 Å². The van der Waals surface area contributed by atoms with Crippen molar-refractivity contribution in [1.82, 2.24) is 20.5 Å². The summed E-state index contributed by atoms with van der Waals surface area (Å²) in [4.78, 5) is 15.8. The van der Waals surface area contributed by atoms with E-state index in [0.717, 1.165) is 5.56 Å². The predicted molar refractivity (Wildman–Crippen MR) is 80.7 cm³/mol. The van der Waals surface area contributed by atoms with Crippen LogP contribution in [0.5, 0.6) is 0 Å². The number of aromatic nitrogens is 3. The van der Waals surface area contributed by atoms with Crippen LogP contribution in [0.25, 0.3) is 11.5 Å². The van der Waals surface area contributed by atoms with E-state index in [1.807, 2.05) is 13.0 Å². The van der Waals surface area contributed by atoms with Crippen LogP contribution in [-0.2, 0) is 4.79 Å². The van der Waals surface area contributed by atoms with E-state index in [4.69, 9.17) is 4.42 Å². The Hall–Kier alpha value is -1.89. The minimum absolute atomic E-state index is 0.0395. The van der Waals surface area contributed by atoms with Crippen molar-refractivity contribution >= 4 is 17.7 Å². The number of thioether (sulfide) groups is 1. The number of carbonyl (C=O) groups is 1. The molecule has 0 bridgehead atoms. The molecule has 0 saturated heterocycles. The van der Waals surface area contributed by atoms with Gasteiger partial charge >= 0.3 is 0 Å². The van der Waals surface area contributed by atoms with Crippen LogP contribution in [-0.4, -0.2) is 32.9 Å². The van der Waals surface area contributed by atoms with Gasteiger partial charge in [-0.15, -0.1) is 10.2 Å². The molecule has 0 spiro atoms. The molecular formula is C14H18N4O2S. The summed E-state index contributed by atoms with van der Waals surface area (Å²) < 4.78 is 5.49. The van der Waals surface area contributed by atoms with Crippen LogP contribution < -0.4 is 5.32 Å². The van der Waals surface area contributed by atoms with E-state index >= 15 is 0 Å². The SMILES string of the molecule is CC(C)[C@H](C)NC(=O)CSc1nnc(-c2cccnc2)o1. The number of pyridine rings is 1. The van der Waals surface area contributed by atoms with Crippen LogP contribution in [0.3, 0.4) is 0 Å². The molecule has 0 aliphatic rings. The van der Waals surface area contributed by atoms with Gasteiger partial charge in [-0.05, 0) is 25.0 Å². The number of amides is 1. The number of hydrogen-bond acceptors (Lipinski definition) is 6. The van der Waals surface area contributed by atoms with Gasteiger partial charge in [-0.1, -0.05) is 25.6 Å². The van der Waals surface area contributed by atoms with Crippen molar-refractivity contribution in [3.8, 4) is 11.5 Å². The first kappa shape index (κ1) is 15.5. The molecule has 2 heterocycles. The molecule has 2 aromatic rings. The fraction of sp³-hybridized carbons (Fsp3) is 0.429. The summed E-state index contributed by atoms with van der Waals surface area (Å²) >= 11 is 1.23. The summed E-state index contributed by atoms with van der Waals surface area (Å²) in [7, 11) is 0. The molecule has 0 saturated carbocycles. The average Bonchev–Trinajstić information content (AvgIpc) is 2.95. The van der Waals surface area contributed by atoms with Gasteiger partial charge < -0.3 is 9.73 Å². The Labute approximate surface area is 127 Å². The molecule has 112 valence electrons. The van der Waals surface area contributed by atoms with Crippen molar-refractivity contribution in [2.24, 2.45) is 5.92 Å². The molecule has 0 aliphatic heterocycles. The average molecular weight is 306 g/mol. The van der Waals surface area contributed by atoms with Crippen molar-refractivity contribution in [1.29, 1.82) is 0 Å². The van der Waals surface area contributed by atoms with Crippen LogP contribution in [0.4, 0.5) is 0 Å². The molecule has 0 radical (unpaired) electrons. The Kier molecular flexibility index (Phi) is 5.32. The molecule has 7 heteroatoms. The molecule has 0 aromatic carbocycles. The zero-order chi connectivity index (χ0) is 15.2. The topological polar surface area (TPSA) is 80.9 Å². The van der Waals surface area contributed by atoms with E-state index in [2.05, 4.69) is 34.3 Å². The zero-order valence-electron chi connectivity index (χ0n) is 12.2. The van der Waals surface area contributed by atoms with E-state index in [1.165, 1.54) is 11.8 Å². The van der Waals surface area contributed by atoms with Gasteiger partial charge in [0.05, 0.1) is 11.3 Å². The van der Waals surface area contributed by atoms with E-state index < -0.39 is 0 Å². The van der Waals surface area contributed by atoms with Crippen LogP contribution in [0.15, 0.2) is 34.2 Å². The Morgan fingerprint density at radius 3 is 2.86 bits per heavy atom. The molecule has 0 unspecified atom stereocenters. The molecule has 1 amide bonds. The van der Waals surface area contributed by atoms with Gasteiger partial charge in [0, 0.05) is 18.4 Å². The lowest BCUT2D eigenvalue weighted by Crippen LogP contribution is -2.37. The Morgan fingerprint density at radius 2 is 2.19 bits per heavy atom. The number of hydrogen-bond donors (Lipinski definition) is 1. The fourth-order valence-electron chi connectivity index (χ4n) is 1.46. The van der Waals surface area contributed by atoms with Gasteiger partial charge in [-0.2, -0.15) is 0 Å². The molecular weight excluding hydrogens is 288 g/mol. The lowest BCUT2D eigenvalue weighted by Gasteiger charge is -2.16. The molecule has 1 atom stereocenters. The standard InChI is InChI=1S/C14H18N4O2S/c1-9(2)10(3)16-12(19)8-21-14-18-17-13(20-14)11-5-4-6-15-7-11/h4-7,9-10H,8H2,1-3H3,(H,16,19)/t10-/m0/s1. The van der Waals surface area contributed by atoms with Crippen molar-refractivity contribution in [2.45, 2.75) is 32.0 Å². The summed E-state index contributed by atoms with van der Waals surface area (Å²) in [6.07, 6.45) is 3.33. The molecule has 0 fully saturated rings. The van der Waals surface area contributed by atoms with Gasteiger partial charge in [0.15, 0.2) is 0 Å². The second-order valence-corrected chi connectivity index (χ2v) is 5.93. The van der Waals surface area contributed by atoms with Crippen LogP contribution in [0.1, 0.15) is 20.8 Å². The lowest BCUT2D eigenvalue weighted by molar-refractivity contribution is -0.119. The minimum Gasteiger partial charge on any atom is -0.411 e. The monoisotopic (exact) mass is 306 g/mol. The van der Waals surface area contributed by atoms with Gasteiger partial charge in [0.2, 0.25) is 11.8 Å². The first-order valence-corrected chi connectivity index (χ1v) is 7.71. The van der Waals surface area contributed by atoms with Crippen LogP contribution >= 0.6 is 11.8 Å². The van der Waals surface area contributed by atoms with Gasteiger partial charge in [-0.3, -0.25) is 9.78 Å². The predicted octanol–water partition coefficient (Wildman–Crippen LogP) is 2.38. The normalized spacial score (nSPS) is 12.4. The van der Waals surface area contributed by atoms with E-state index in [0.29, 0.717) is 17.0 Å². The second-order valence-electron chi connectivity index (χ2n) is 5.00. The molecule has 1 N–H and O–H groups in total. The molecule has 2 aromatic heterocycles. The maximum atomic E-state index is 11.8. The Balaban J connectivity index is 1.87. The first-order valence-electron chi connectivity index (χ1n) is 6.72. The highest BCUT2D eigenvalue weighted by Crippen LogP contribution is 2.22. The summed E-state index contributed by atoms with van der Waals surface area (Å²) in [6, 6.07) is 3.78. The molecule has 21 heavy (non-hydrogen) atoms. The smallest absolute Gasteiger partial charge is 0.277 e. The number of rotatable bonds is 6. The summed E-state index contributed by atoms with van der Waals surface area (Å²) in [5.74, 6) is 1.02. The number of nitrogens with zero attached hydrogens (tertiary/aromatic N) is 3. The third-order valence-corrected chi connectivity index (χ3v) is 3.85. The number of nitrogens with one attached hydrogen (secondary N) is 1. The highest BCUT2D eigenvalue weighted by atomic mass is 32.2. The van der Waals surface area contributed by atoms with Crippen molar-refractivity contribution in [2.75, 3.05) is 5.75 Å². The Bertz CT molecular complexity index is 586. The van der Waals surface area contributed by atoms with Gasteiger partial charge in [0.25, 0.3) is 5.22 Å². The van der Waals surface area contributed by atoms with E-state index in [1.54, 1.807) is 18.5 Å². The fourth-order valence-corrected chi connectivity index (χ4v) is 2.04. The maximum absolute atomic E-state index is 11.8. The van der Waals surface area contributed by atoms with Crippen molar-refractivity contribution in [3.63, 3.8) is 0 Å².